The molecule has 5 heteroatoms. The first-order valence-electron chi connectivity index (χ1n) is 12.3. The molecule has 36 heavy (non-hydrogen) atoms. The number of nitrogens with zero attached hydrogens (tertiary/aromatic N) is 2. The highest BCUT2D eigenvalue weighted by Crippen LogP contribution is 2.42. The highest BCUT2D eigenvalue weighted by Gasteiger charge is 2.31. The van der Waals surface area contributed by atoms with Gasteiger partial charge in [0.1, 0.15) is 5.82 Å². The average Bonchev–Trinajstić information content (AvgIpc) is 3.69. The lowest BCUT2D eigenvalue weighted by atomic mass is 9.85. The first-order valence-corrected chi connectivity index (χ1v) is 13.1. The Morgan fingerprint density at radius 3 is 1.92 bits per heavy atom. The zero-order valence-corrected chi connectivity index (χ0v) is 21.2. The molecule has 0 saturated heterocycles. The van der Waals surface area contributed by atoms with Crippen molar-refractivity contribution in [2.24, 2.45) is 0 Å². The number of hydrogen-bond acceptors (Lipinski definition) is 2. The lowest BCUT2D eigenvalue weighted by Gasteiger charge is -2.20. The summed E-state index contributed by atoms with van der Waals surface area (Å²) in [5, 5.41) is 12.5. The molecule has 1 aliphatic rings. The van der Waals surface area contributed by atoms with Gasteiger partial charge in [-0.3, -0.25) is 0 Å². The van der Waals surface area contributed by atoms with Crippen LogP contribution in [0.1, 0.15) is 58.9 Å². The second-order valence-electron chi connectivity index (χ2n) is 9.57. The zero-order valence-electron chi connectivity index (χ0n) is 19.7. The summed E-state index contributed by atoms with van der Waals surface area (Å²) in [6.45, 7) is 0.475. The van der Waals surface area contributed by atoms with E-state index in [1.807, 2.05) is 54.6 Å². The number of rotatable bonds is 7. The molecule has 5 aromatic rings. The Morgan fingerprint density at radius 1 is 0.750 bits per heavy atom. The van der Waals surface area contributed by atoms with E-state index < -0.39 is 6.10 Å². The van der Waals surface area contributed by atoms with Gasteiger partial charge in [0.15, 0.2) is 0 Å². The molecule has 1 atom stereocenters. The third-order valence-electron chi connectivity index (χ3n) is 7.02. The average molecular weight is 513 g/mol. The van der Waals surface area contributed by atoms with Gasteiger partial charge in [-0.1, -0.05) is 83.9 Å². The van der Waals surface area contributed by atoms with E-state index in [1.54, 1.807) is 0 Å². The fourth-order valence-electron chi connectivity index (χ4n) is 5.02. The van der Waals surface area contributed by atoms with Crippen molar-refractivity contribution in [2.45, 2.75) is 37.3 Å². The molecule has 0 spiro atoms. The van der Waals surface area contributed by atoms with Gasteiger partial charge in [-0.15, -0.1) is 0 Å². The number of benzene rings is 4. The largest absolute Gasteiger partial charge is 0.387 e. The number of hydrogen-bond donors (Lipinski definition) is 1. The van der Waals surface area contributed by atoms with Crippen LogP contribution in [0.25, 0.3) is 11.0 Å². The summed E-state index contributed by atoms with van der Waals surface area (Å²) in [4.78, 5) is 5.01. The molecule has 1 aromatic heterocycles. The number of aromatic nitrogens is 2. The maximum Gasteiger partial charge on any atom is 0.113 e. The van der Waals surface area contributed by atoms with Gasteiger partial charge in [0.05, 0.1) is 23.7 Å². The molecular weight excluding hydrogens is 487 g/mol. The van der Waals surface area contributed by atoms with Gasteiger partial charge in [0.2, 0.25) is 0 Å². The van der Waals surface area contributed by atoms with Crippen LogP contribution in [0.2, 0.25) is 10.0 Å². The Bertz CT molecular complexity index is 1440. The topological polar surface area (TPSA) is 38.0 Å². The number of halogens is 2. The van der Waals surface area contributed by atoms with Crippen molar-refractivity contribution >= 4 is 34.2 Å². The lowest BCUT2D eigenvalue weighted by Crippen LogP contribution is -2.11. The van der Waals surface area contributed by atoms with E-state index in [-0.39, 0.29) is 5.92 Å². The standard InChI is InChI=1S/C31H26Cl2N2O/c32-25-13-8-21(9-14-25)30(22-10-15-26(33)16-11-22)24-12-17-27-28(18-24)35(31(34-27)23-6-7-23)19-29(36)20-4-2-1-3-5-20/h1-5,8-18,23,29-30,36H,6-7,19H2/t29-/m0/s1. The van der Waals surface area contributed by atoms with Gasteiger partial charge in [-0.25, -0.2) is 4.98 Å². The Hall–Kier alpha value is -3.11. The summed E-state index contributed by atoms with van der Waals surface area (Å²) >= 11 is 12.4. The van der Waals surface area contributed by atoms with Crippen LogP contribution in [0.3, 0.4) is 0 Å². The normalized spacial score (nSPS) is 14.4. The summed E-state index contributed by atoms with van der Waals surface area (Å²) in [5.74, 6) is 1.55. The van der Waals surface area contributed by atoms with Crippen molar-refractivity contribution < 1.29 is 5.11 Å². The summed E-state index contributed by atoms with van der Waals surface area (Å²) in [6.07, 6.45) is 1.69. The van der Waals surface area contributed by atoms with Gasteiger partial charge < -0.3 is 9.67 Å². The monoisotopic (exact) mass is 512 g/mol. The van der Waals surface area contributed by atoms with E-state index >= 15 is 0 Å². The highest BCUT2D eigenvalue weighted by molar-refractivity contribution is 6.30. The lowest BCUT2D eigenvalue weighted by molar-refractivity contribution is 0.156. The number of aliphatic hydroxyl groups is 1. The van der Waals surface area contributed by atoms with Gasteiger partial charge in [0, 0.05) is 21.9 Å². The SMILES string of the molecule is O[C@@H](Cn1c(C2CC2)nc2ccc(C(c3ccc(Cl)cc3)c3ccc(Cl)cc3)cc21)c1ccccc1. The summed E-state index contributed by atoms with van der Waals surface area (Å²) in [5.41, 5.74) is 6.39. The molecule has 180 valence electrons. The fourth-order valence-corrected chi connectivity index (χ4v) is 5.28. The molecule has 0 aliphatic heterocycles. The van der Waals surface area contributed by atoms with Crippen molar-refractivity contribution in [3.63, 3.8) is 0 Å². The van der Waals surface area contributed by atoms with Crippen LogP contribution in [0.15, 0.2) is 97.1 Å². The molecule has 3 nitrogen and oxygen atoms in total. The Morgan fingerprint density at radius 2 is 1.33 bits per heavy atom. The van der Waals surface area contributed by atoms with Crippen molar-refractivity contribution in [1.29, 1.82) is 0 Å². The van der Waals surface area contributed by atoms with Crippen molar-refractivity contribution in [2.75, 3.05) is 0 Å². The van der Waals surface area contributed by atoms with Crippen LogP contribution in [-0.4, -0.2) is 14.7 Å². The number of fused-ring (bicyclic) bond motifs is 1. The molecule has 1 fully saturated rings. The van der Waals surface area contributed by atoms with Crippen molar-refractivity contribution in [3.05, 3.63) is 135 Å². The molecular formula is C31H26Cl2N2O. The summed E-state index contributed by atoms with van der Waals surface area (Å²) in [6, 6.07) is 32.4. The smallest absolute Gasteiger partial charge is 0.113 e. The van der Waals surface area contributed by atoms with Crippen LogP contribution < -0.4 is 0 Å². The molecule has 1 saturated carbocycles. The van der Waals surface area contributed by atoms with Crippen LogP contribution in [0, 0.1) is 0 Å². The van der Waals surface area contributed by atoms with Crippen molar-refractivity contribution in [1.82, 2.24) is 9.55 Å². The van der Waals surface area contributed by atoms with Gasteiger partial charge in [-0.2, -0.15) is 0 Å². The molecule has 6 rings (SSSR count). The first kappa shape index (κ1) is 23.3. The van der Waals surface area contributed by atoms with Crippen LogP contribution in [0.4, 0.5) is 0 Å². The van der Waals surface area contributed by atoms with Crippen LogP contribution in [0.5, 0.6) is 0 Å². The summed E-state index contributed by atoms with van der Waals surface area (Å²) in [7, 11) is 0. The molecule has 0 unspecified atom stereocenters. The maximum absolute atomic E-state index is 11.1. The third-order valence-corrected chi connectivity index (χ3v) is 7.53. The minimum Gasteiger partial charge on any atom is -0.387 e. The highest BCUT2D eigenvalue weighted by atomic mass is 35.5. The molecule has 4 aromatic carbocycles. The fraction of sp³-hybridized carbons (Fsp3) is 0.194. The second-order valence-corrected chi connectivity index (χ2v) is 10.4. The molecule has 1 aliphatic carbocycles. The second kappa shape index (κ2) is 9.74. The zero-order chi connectivity index (χ0) is 24.6. The van der Waals surface area contributed by atoms with E-state index in [0.717, 1.165) is 52.0 Å². The van der Waals surface area contributed by atoms with Gasteiger partial charge in [-0.05, 0) is 71.5 Å². The van der Waals surface area contributed by atoms with Gasteiger partial charge in [0.25, 0.3) is 0 Å². The van der Waals surface area contributed by atoms with Crippen LogP contribution >= 0.6 is 23.2 Å². The summed E-state index contributed by atoms with van der Waals surface area (Å²) < 4.78 is 2.23. The molecule has 1 N–H and O–H groups in total. The van der Waals surface area contributed by atoms with Crippen molar-refractivity contribution in [3.8, 4) is 0 Å². The molecule has 0 bridgehead atoms. The number of imidazole rings is 1. The molecule has 0 radical (unpaired) electrons. The van der Waals surface area contributed by atoms with E-state index in [9.17, 15) is 5.11 Å². The van der Waals surface area contributed by atoms with Gasteiger partial charge >= 0.3 is 0 Å². The first-order chi connectivity index (χ1) is 17.6. The molecule has 0 amide bonds. The van der Waals surface area contributed by atoms with E-state index in [1.165, 1.54) is 0 Å². The quantitative estimate of drug-likeness (QED) is 0.223. The Labute approximate surface area is 221 Å². The van der Waals surface area contributed by atoms with E-state index in [2.05, 4.69) is 47.0 Å². The minimum atomic E-state index is -0.604. The van der Waals surface area contributed by atoms with E-state index in [4.69, 9.17) is 28.2 Å². The molecule has 1 heterocycles. The number of aliphatic hydroxyl groups excluding tert-OH is 1. The predicted octanol–water partition coefficient (Wildman–Crippen LogP) is 8.13. The Kier molecular flexibility index (Phi) is 6.30. The predicted molar refractivity (Wildman–Crippen MR) is 147 cm³/mol. The maximum atomic E-state index is 11.1. The third kappa shape index (κ3) is 4.67. The Balaban J connectivity index is 1.47. The van der Waals surface area contributed by atoms with Crippen LogP contribution in [-0.2, 0) is 6.54 Å². The van der Waals surface area contributed by atoms with E-state index in [0.29, 0.717) is 22.5 Å². The minimum absolute atomic E-state index is 0.00991.